The molecule has 0 nitrogen and oxygen atoms in total. The third-order valence-corrected chi connectivity index (χ3v) is 6.69. The minimum absolute atomic E-state index is 0.925. The lowest BCUT2D eigenvalue weighted by molar-refractivity contribution is 0.398. The standard InChI is InChI=1S/C10H12.C6H12.C5H8.C5H6.C5H10.C5H8/c1-2-9-7-4-5-8(6-7)10(9)3-1;1-3-5-6-4-2;2*1-2-4-5-3-1;1-4-5(2)3;1-3-5-4-2/h1-2,4-5,7-10H,3,6H2;3H,1,4-6H2,2H3;1-2H,3-5H2;1-4H,5H2;4H,1-3H3;3-5H,1H2,2H3/b;;;;;5-4+. The quantitative estimate of drug-likeness (QED) is 0.210. The Labute approximate surface area is 225 Å². The molecule has 0 aromatic rings. The maximum absolute atomic E-state index is 3.60. The summed E-state index contributed by atoms with van der Waals surface area (Å²) in [7, 11) is 0. The van der Waals surface area contributed by atoms with Gasteiger partial charge in [0.25, 0.3) is 0 Å². The van der Waals surface area contributed by atoms with Crippen LogP contribution in [0.1, 0.15) is 92.4 Å². The first-order valence-corrected chi connectivity index (χ1v) is 14.3. The van der Waals surface area contributed by atoms with Crippen molar-refractivity contribution in [2.24, 2.45) is 23.7 Å². The molecule has 0 N–H and O–H groups in total. The van der Waals surface area contributed by atoms with Crippen molar-refractivity contribution in [2.75, 3.05) is 0 Å². The molecule has 0 amide bonds. The fourth-order valence-corrected chi connectivity index (χ4v) is 4.44. The Balaban J connectivity index is 0.000000423. The highest BCUT2D eigenvalue weighted by molar-refractivity contribution is 5.21. The fraction of sp³-hybridized carbons (Fsp3) is 0.500. The molecule has 0 heterocycles. The summed E-state index contributed by atoms with van der Waals surface area (Å²) in [5.74, 6) is 3.82. The summed E-state index contributed by atoms with van der Waals surface area (Å²) in [6, 6.07) is 0. The van der Waals surface area contributed by atoms with Gasteiger partial charge >= 0.3 is 0 Å². The first-order chi connectivity index (χ1) is 17.5. The van der Waals surface area contributed by atoms with E-state index in [0.29, 0.717) is 0 Å². The number of hydrogen-bond acceptors (Lipinski definition) is 0. The lowest BCUT2D eigenvalue weighted by Crippen LogP contribution is -2.12. The van der Waals surface area contributed by atoms with Crippen LogP contribution >= 0.6 is 0 Å². The highest BCUT2D eigenvalue weighted by atomic mass is 14.5. The molecule has 5 aliphatic carbocycles. The molecule has 5 aliphatic rings. The minimum Gasteiger partial charge on any atom is -0.103 e. The van der Waals surface area contributed by atoms with E-state index in [0.717, 1.165) is 30.1 Å². The van der Waals surface area contributed by atoms with Crippen molar-refractivity contribution in [3.8, 4) is 0 Å². The summed E-state index contributed by atoms with van der Waals surface area (Å²) in [6.07, 6.45) is 43.9. The molecule has 0 aliphatic heterocycles. The van der Waals surface area contributed by atoms with E-state index in [1.807, 2.05) is 32.1 Å². The maximum Gasteiger partial charge on any atom is -0.0133 e. The number of unbranched alkanes of at least 4 members (excludes halogenated alkanes) is 2. The van der Waals surface area contributed by atoms with Gasteiger partial charge in [-0.1, -0.05) is 123 Å². The van der Waals surface area contributed by atoms with Crippen LogP contribution in [0.25, 0.3) is 0 Å². The molecule has 2 bridgehead atoms. The number of rotatable bonds is 4. The van der Waals surface area contributed by atoms with Gasteiger partial charge in [-0.05, 0) is 96.3 Å². The Morgan fingerprint density at radius 2 is 1.53 bits per heavy atom. The average molecular weight is 489 g/mol. The van der Waals surface area contributed by atoms with Gasteiger partial charge in [-0.25, -0.2) is 0 Å². The van der Waals surface area contributed by atoms with Gasteiger partial charge < -0.3 is 0 Å². The SMILES string of the molecule is C1=CC2C3C=CC(C3)C2C1.C1=CCC=C1.C1=CCCC1.C=C/C=C/C.C=CCCCC.CC=C(C)C. The van der Waals surface area contributed by atoms with Gasteiger partial charge in [0.15, 0.2) is 0 Å². The van der Waals surface area contributed by atoms with Crippen LogP contribution in [0.2, 0.25) is 0 Å². The molecular weight excluding hydrogens is 432 g/mol. The normalized spacial score (nSPS) is 24.0. The molecule has 4 unspecified atom stereocenters. The van der Waals surface area contributed by atoms with E-state index in [2.05, 4.69) is 101 Å². The molecule has 1 fully saturated rings. The van der Waals surface area contributed by atoms with Crippen molar-refractivity contribution < 1.29 is 0 Å². The molecule has 200 valence electrons. The zero-order valence-corrected chi connectivity index (χ0v) is 24.2. The molecule has 5 rings (SSSR count). The van der Waals surface area contributed by atoms with Crippen LogP contribution in [0.3, 0.4) is 0 Å². The minimum atomic E-state index is 0.925. The predicted octanol–water partition coefficient (Wildman–Crippen LogP) is 11.7. The first-order valence-electron chi connectivity index (χ1n) is 14.3. The smallest absolute Gasteiger partial charge is 0.0133 e. The Hall–Kier alpha value is -2.34. The van der Waals surface area contributed by atoms with Crippen molar-refractivity contribution in [1.82, 2.24) is 0 Å². The van der Waals surface area contributed by atoms with Crippen molar-refractivity contribution in [1.29, 1.82) is 0 Å². The van der Waals surface area contributed by atoms with E-state index in [9.17, 15) is 0 Å². The van der Waals surface area contributed by atoms with Crippen molar-refractivity contribution in [3.63, 3.8) is 0 Å². The molecule has 1 saturated carbocycles. The molecule has 0 aromatic carbocycles. The van der Waals surface area contributed by atoms with Crippen LogP contribution < -0.4 is 0 Å². The summed E-state index contributed by atoms with van der Waals surface area (Å²) in [4.78, 5) is 0. The third-order valence-electron chi connectivity index (χ3n) is 6.69. The predicted molar refractivity (Wildman–Crippen MR) is 167 cm³/mol. The van der Waals surface area contributed by atoms with E-state index in [1.54, 1.807) is 6.08 Å². The molecule has 0 spiro atoms. The molecule has 0 aromatic heterocycles. The summed E-state index contributed by atoms with van der Waals surface area (Å²) in [5.41, 5.74) is 1.38. The molecule has 4 atom stereocenters. The van der Waals surface area contributed by atoms with Gasteiger partial charge in [0.05, 0.1) is 0 Å². The monoisotopic (exact) mass is 488 g/mol. The van der Waals surface area contributed by atoms with Gasteiger partial charge in [-0.15, -0.1) is 6.58 Å². The van der Waals surface area contributed by atoms with Crippen molar-refractivity contribution in [2.45, 2.75) is 92.4 Å². The molecular formula is C36H56. The maximum atomic E-state index is 3.60. The number of fused-ring (bicyclic) bond motifs is 5. The summed E-state index contributed by atoms with van der Waals surface area (Å²) in [6.45, 7) is 17.4. The van der Waals surface area contributed by atoms with E-state index in [-0.39, 0.29) is 0 Å². The Morgan fingerprint density at radius 1 is 0.889 bits per heavy atom. The van der Waals surface area contributed by atoms with Gasteiger partial charge in [-0.2, -0.15) is 0 Å². The highest BCUT2D eigenvalue weighted by Gasteiger charge is 2.44. The van der Waals surface area contributed by atoms with E-state index >= 15 is 0 Å². The highest BCUT2D eigenvalue weighted by Crippen LogP contribution is 2.52. The second-order valence-corrected chi connectivity index (χ2v) is 9.91. The lowest BCUT2D eigenvalue weighted by Gasteiger charge is -2.18. The second kappa shape index (κ2) is 24.4. The van der Waals surface area contributed by atoms with Crippen LogP contribution in [-0.4, -0.2) is 0 Å². The summed E-state index contributed by atoms with van der Waals surface area (Å²) >= 11 is 0. The number of allylic oxidation sites excluding steroid dienone is 16. The lowest BCUT2D eigenvalue weighted by atomic mass is 9.86. The van der Waals surface area contributed by atoms with E-state index < -0.39 is 0 Å². The zero-order chi connectivity index (χ0) is 26.9. The Bertz CT molecular complexity index is 726. The van der Waals surface area contributed by atoms with Crippen LogP contribution in [0.15, 0.2) is 110 Å². The fourth-order valence-electron chi connectivity index (χ4n) is 4.44. The van der Waals surface area contributed by atoms with Crippen LogP contribution in [0.5, 0.6) is 0 Å². The second-order valence-electron chi connectivity index (χ2n) is 9.91. The van der Waals surface area contributed by atoms with Gasteiger partial charge in [0, 0.05) is 0 Å². The average Bonchev–Trinajstić information content (AvgIpc) is 3.73. The molecule has 0 radical (unpaired) electrons. The third kappa shape index (κ3) is 17.1. The van der Waals surface area contributed by atoms with E-state index in [4.69, 9.17) is 0 Å². The first kappa shape index (κ1) is 33.7. The van der Waals surface area contributed by atoms with Crippen LogP contribution in [-0.2, 0) is 0 Å². The van der Waals surface area contributed by atoms with Gasteiger partial charge in [0.1, 0.15) is 0 Å². The van der Waals surface area contributed by atoms with Crippen molar-refractivity contribution in [3.05, 3.63) is 110 Å². The van der Waals surface area contributed by atoms with Crippen LogP contribution in [0, 0.1) is 23.7 Å². The Kier molecular flexibility index (Phi) is 22.8. The van der Waals surface area contributed by atoms with E-state index in [1.165, 1.54) is 56.9 Å². The van der Waals surface area contributed by atoms with Gasteiger partial charge in [-0.3, -0.25) is 0 Å². The summed E-state index contributed by atoms with van der Waals surface area (Å²) in [5, 5.41) is 0. The molecule has 0 saturated heterocycles. The number of hydrogen-bond donors (Lipinski definition) is 0. The largest absolute Gasteiger partial charge is 0.103 e. The zero-order valence-electron chi connectivity index (χ0n) is 24.2. The Morgan fingerprint density at radius 3 is 1.86 bits per heavy atom. The molecule has 0 heteroatoms. The van der Waals surface area contributed by atoms with Crippen LogP contribution in [0.4, 0.5) is 0 Å². The topological polar surface area (TPSA) is 0 Å². The molecule has 36 heavy (non-hydrogen) atoms. The van der Waals surface area contributed by atoms with Gasteiger partial charge in [0.2, 0.25) is 0 Å². The summed E-state index contributed by atoms with van der Waals surface area (Å²) < 4.78 is 0. The van der Waals surface area contributed by atoms with Crippen molar-refractivity contribution >= 4 is 0 Å².